The van der Waals surface area contributed by atoms with Crippen molar-refractivity contribution in [2.45, 2.75) is 13.3 Å². The van der Waals surface area contributed by atoms with E-state index in [9.17, 15) is 9.59 Å². The molecule has 1 rings (SSSR count). The van der Waals surface area contributed by atoms with E-state index in [1.165, 1.54) is 14.2 Å². The molecule has 20 heavy (non-hydrogen) atoms. The zero-order valence-corrected chi connectivity index (χ0v) is 11.8. The Bertz CT molecular complexity index is 505. The number of hydrogen-bond acceptors (Lipinski definition) is 5. The van der Waals surface area contributed by atoms with Crippen LogP contribution in [0.4, 0.5) is 0 Å². The van der Waals surface area contributed by atoms with Crippen molar-refractivity contribution < 1.29 is 23.8 Å². The summed E-state index contributed by atoms with van der Waals surface area (Å²) in [6.45, 7) is 2.11. The fourth-order valence-corrected chi connectivity index (χ4v) is 1.61. The summed E-state index contributed by atoms with van der Waals surface area (Å²) in [5.74, 6) is -0.114. The van der Waals surface area contributed by atoms with Crippen LogP contribution in [0.25, 0.3) is 6.08 Å². The van der Waals surface area contributed by atoms with Crippen molar-refractivity contribution in [3.8, 4) is 5.75 Å². The number of benzene rings is 1. The normalized spacial score (nSPS) is 10.3. The van der Waals surface area contributed by atoms with Crippen LogP contribution in [0.5, 0.6) is 5.75 Å². The SMILES string of the molecule is CCOC(=O)CC=Cc1cc(C(=O)OC)ccc1OC. The van der Waals surface area contributed by atoms with Crippen LogP contribution >= 0.6 is 0 Å². The quantitative estimate of drug-likeness (QED) is 0.748. The van der Waals surface area contributed by atoms with Gasteiger partial charge in [-0.05, 0) is 25.1 Å². The second-order valence-corrected chi connectivity index (χ2v) is 3.86. The number of ether oxygens (including phenoxy) is 3. The highest BCUT2D eigenvalue weighted by molar-refractivity contribution is 5.90. The molecular formula is C15H18O5. The standard InChI is InChI=1S/C15H18O5/c1-4-20-14(16)7-5-6-11-10-12(15(17)19-3)8-9-13(11)18-2/h5-6,8-10H,4,7H2,1-3H3. The Morgan fingerprint density at radius 3 is 2.60 bits per heavy atom. The van der Waals surface area contributed by atoms with Gasteiger partial charge >= 0.3 is 11.9 Å². The topological polar surface area (TPSA) is 61.8 Å². The van der Waals surface area contributed by atoms with Gasteiger partial charge in [0.2, 0.25) is 0 Å². The molecule has 0 N–H and O–H groups in total. The molecular weight excluding hydrogens is 260 g/mol. The molecule has 108 valence electrons. The smallest absolute Gasteiger partial charge is 0.337 e. The maximum absolute atomic E-state index is 11.5. The summed E-state index contributed by atoms with van der Waals surface area (Å²) in [5, 5.41) is 0. The second kappa shape index (κ2) is 7.99. The zero-order chi connectivity index (χ0) is 15.0. The zero-order valence-electron chi connectivity index (χ0n) is 11.8. The highest BCUT2D eigenvalue weighted by Crippen LogP contribution is 2.22. The predicted octanol–water partition coefficient (Wildman–Crippen LogP) is 2.45. The van der Waals surface area contributed by atoms with Crippen LogP contribution in [0.3, 0.4) is 0 Å². The van der Waals surface area contributed by atoms with E-state index in [-0.39, 0.29) is 12.4 Å². The maximum Gasteiger partial charge on any atom is 0.337 e. The van der Waals surface area contributed by atoms with Crippen molar-refractivity contribution in [1.82, 2.24) is 0 Å². The summed E-state index contributed by atoms with van der Waals surface area (Å²) in [5.41, 5.74) is 1.11. The first-order valence-corrected chi connectivity index (χ1v) is 6.20. The van der Waals surface area contributed by atoms with Crippen LogP contribution in [0.1, 0.15) is 29.3 Å². The molecule has 0 heterocycles. The Balaban J connectivity index is 2.88. The lowest BCUT2D eigenvalue weighted by Crippen LogP contribution is -2.02. The summed E-state index contributed by atoms with van der Waals surface area (Å²) in [6.07, 6.45) is 3.54. The van der Waals surface area contributed by atoms with Gasteiger partial charge in [0.25, 0.3) is 0 Å². The van der Waals surface area contributed by atoms with Gasteiger partial charge in [-0.25, -0.2) is 4.79 Å². The van der Waals surface area contributed by atoms with E-state index in [0.29, 0.717) is 23.5 Å². The van der Waals surface area contributed by atoms with Gasteiger partial charge in [0.15, 0.2) is 0 Å². The number of rotatable bonds is 6. The number of methoxy groups -OCH3 is 2. The summed E-state index contributed by atoms with van der Waals surface area (Å²) in [4.78, 5) is 22.7. The van der Waals surface area contributed by atoms with E-state index in [1.54, 1.807) is 37.3 Å². The van der Waals surface area contributed by atoms with Crippen molar-refractivity contribution >= 4 is 18.0 Å². The highest BCUT2D eigenvalue weighted by atomic mass is 16.5. The lowest BCUT2D eigenvalue weighted by molar-refractivity contribution is -0.142. The molecule has 0 amide bonds. The van der Waals surface area contributed by atoms with Crippen molar-refractivity contribution in [2.75, 3.05) is 20.8 Å². The summed E-state index contributed by atoms with van der Waals surface area (Å²) in [6, 6.07) is 4.94. The molecule has 0 saturated heterocycles. The number of carbonyl (C=O) groups excluding carboxylic acids is 2. The first-order valence-electron chi connectivity index (χ1n) is 6.20. The van der Waals surface area contributed by atoms with Gasteiger partial charge in [-0.15, -0.1) is 0 Å². The van der Waals surface area contributed by atoms with E-state index in [4.69, 9.17) is 9.47 Å². The average Bonchev–Trinajstić information content (AvgIpc) is 2.46. The van der Waals surface area contributed by atoms with Gasteiger partial charge in [0, 0.05) is 5.56 Å². The molecule has 0 radical (unpaired) electrons. The molecule has 0 aliphatic heterocycles. The largest absolute Gasteiger partial charge is 0.496 e. The van der Waals surface area contributed by atoms with Crippen LogP contribution < -0.4 is 4.74 Å². The molecule has 0 fully saturated rings. The van der Waals surface area contributed by atoms with Crippen LogP contribution in [0, 0.1) is 0 Å². The predicted molar refractivity (Wildman–Crippen MR) is 74.6 cm³/mol. The monoisotopic (exact) mass is 278 g/mol. The fourth-order valence-electron chi connectivity index (χ4n) is 1.61. The summed E-state index contributed by atoms with van der Waals surface area (Å²) >= 11 is 0. The molecule has 1 aromatic rings. The Kier molecular flexibility index (Phi) is 6.29. The molecule has 0 aliphatic rings. The van der Waals surface area contributed by atoms with E-state index >= 15 is 0 Å². The molecule has 0 aliphatic carbocycles. The third kappa shape index (κ3) is 4.42. The minimum atomic E-state index is -0.423. The average molecular weight is 278 g/mol. The minimum Gasteiger partial charge on any atom is -0.496 e. The Morgan fingerprint density at radius 1 is 1.25 bits per heavy atom. The van der Waals surface area contributed by atoms with Gasteiger partial charge in [-0.2, -0.15) is 0 Å². The van der Waals surface area contributed by atoms with Crippen molar-refractivity contribution in [3.05, 3.63) is 35.4 Å². The molecule has 5 heteroatoms. The highest BCUT2D eigenvalue weighted by Gasteiger charge is 2.08. The van der Waals surface area contributed by atoms with Crippen molar-refractivity contribution in [1.29, 1.82) is 0 Å². The van der Waals surface area contributed by atoms with Gasteiger partial charge in [0.1, 0.15) is 5.75 Å². The molecule has 1 aromatic carbocycles. The first kappa shape index (κ1) is 15.8. The minimum absolute atomic E-state index is 0.166. The fraction of sp³-hybridized carbons (Fsp3) is 0.333. The molecule has 0 bridgehead atoms. The van der Waals surface area contributed by atoms with Crippen LogP contribution in [0.2, 0.25) is 0 Å². The molecule has 0 aromatic heterocycles. The molecule has 5 nitrogen and oxygen atoms in total. The molecule has 0 spiro atoms. The van der Waals surface area contributed by atoms with E-state index in [1.807, 2.05) is 0 Å². The van der Waals surface area contributed by atoms with Gasteiger partial charge in [0.05, 0.1) is 32.8 Å². The Hall–Kier alpha value is -2.30. The second-order valence-electron chi connectivity index (χ2n) is 3.86. The third-order valence-electron chi connectivity index (χ3n) is 2.54. The Labute approximate surface area is 118 Å². The van der Waals surface area contributed by atoms with Crippen molar-refractivity contribution in [2.24, 2.45) is 0 Å². The Morgan fingerprint density at radius 2 is 2.00 bits per heavy atom. The van der Waals surface area contributed by atoms with E-state index in [0.717, 1.165) is 0 Å². The maximum atomic E-state index is 11.5. The van der Waals surface area contributed by atoms with E-state index < -0.39 is 5.97 Å². The molecule has 0 unspecified atom stereocenters. The number of hydrogen-bond donors (Lipinski definition) is 0. The lowest BCUT2D eigenvalue weighted by atomic mass is 10.1. The van der Waals surface area contributed by atoms with Crippen LogP contribution in [-0.2, 0) is 14.3 Å². The van der Waals surface area contributed by atoms with Crippen LogP contribution in [0.15, 0.2) is 24.3 Å². The van der Waals surface area contributed by atoms with Crippen molar-refractivity contribution in [3.63, 3.8) is 0 Å². The van der Waals surface area contributed by atoms with E-state index in [2.05, 4.69) is 4.74 Å². The molecule has 0 atom stereocenters. The van der Waals surface area contributed by atoms with Gasteiger partial charge < -0.3 is 14.2 Å². The first-order chi connectivity index (χ1) is 9.62. The van der Waals surface area contributed by atoms with Crippen LogP contribution in [-0.4, -0.2) is 32.8 Å². The van der Waals surface area contributed by atoms with Gasteiger partial charge in [-0.1, -0.05) is 12.2 Å². The summed E-state index contributed by atoms with van der Waals surface area (Å²) in [7, 11) is 2.86. The summed E-state index contributed by atoms with van der Waals surface area (Å²) < 4.78 is 14.7. The number of carbonyl (C=O) groups is 2. The third-order valence-corrected chi connectivity index (χ3v) is 2.54. The lowest BCUT2D eigenvalue weighted by Gasteiger charge is -2.07. The number of esters is 2. The molecule has 0 saturated carbocycles. The van der Waals surface area contributed by atoms with Gasteiger partial charge in [-0.3, -0.25) is 4.79 Å².